The summed E-state index contributed by atoms with van der Waals surface area (Å²) in [5.74, 6) is 0.664. The number of hydrogen-bond acceptors (Lipinski definition) is 6. The number of benzene rings is 1. The molecule has 166 valence electrons. The molecule has 0 spiro atoms. The van der Waals surface area contributed by atoms with Gasteiger partial charge >= 0.3 is 0 Å². The lowest BCUT2D eigenvalue weighted by Crippen LogP contribution is -2.43. The Balaban J connectivity index is 1.92. The fourth-order valence-electron chi connectivity index (χ4n) is 4.50. The Morgan fingerprint density at radius 3 is 2.61 bits per heavy atom. The maximum absolute atomic E-state index is 13.3. The normalized spacial score (nSPS) is 17.4. The van der Waals surface area contributed by atoms with Gasteiger partial charge in [-0.25, -0.2) is 4.68 Å². The van der Waals surface area contributed by atoms with Crippen molar-refractivity contribution in [1.29, 1.82) is 0 Å². The molecule has 0 radical (unpaired) electrons. The SMILES string of the molecule is CCC(C)(C)n1nnnc1C(c1cc2cc(C)cc(C)c2[nH]c1=O)N1CCC(O)CC1. The molecule has 0 bridgehead atoms. The van der Waals surface area contributed by atoms with Gasteiger partial charge in [-0.2, -0.15) is 0 Å². The Morgan fingerprint density at radius 1 is 1.23 bits per heavy atom. The van der Waals surface area contributed by atoms with Crippen molar-refractivity contribution < 1.29 is 5.11 Å². The van der Waals surface area contributed by atoms with Crippen LogP contribution in [0.2, 0.25) is 0 Å². The molecule has 1 aliphatic heterocycles. The number of rotatable bonds is 5. The monoisotopic (exact) mass is 424 g/mol. The first-order valence-corrected chi connectivity index (χ1v) is 11.1. The fourth-order valence-corrected chi connectivity index (χ4v) is 4.50. The minimum absolute atomic E-state index is 0.126. The molecule has 0 saturated carbocycles. The van der Waals surface area contributed by atoms with E-state index in [1.165, 1.54) is 0 Å². The molecule has 1 unspecified atom stereocenters. The van der Waals surface area contributed by atoms with Gasteiger partial charge in [0.15, 0.2) is 5.82 Å². The summed E-state index contributed by atoms with van der Waals surface area (Å²) in [4.78, 5) is 18.7. The van der Waals surface area contributed by atoms with Crippen LogP contribution in [-0.2, 0) is 5.54 Å². The summed E-state index contributed by atoms with van der Waals surface area (Å²) in [6, 6.07) is 5.77. The second-order valence-corrected chi connectivity index (χ2v) is 9.38. The van der Waals surface area contributed by atoms with Gasteiger partial charge in [0.1, 0.15) is 6.04 Å². The van der Waals surface area contributed by atoms with Crippen molar-refractivity contribution in [1.82, 2.24) is 30.1 Å². The van der Waals surface area contributed by atoms with Gasteiger partial charge in [0.25, 0.3) is 5.56 Å². The summed E-state index contributed by atoms with van der Waals surface area (Å²) in [5, 5.41) is 23.7. The van der Waals surface area contributed by atoms with Crippen LogP contribution in [0.3, 0.4) is 0 Å². The van der Waals surface area contributed by atoms with E-state index in [1.54, 1.807) is 0 Å². The maximum atomic E-state index is 13.3. The van der Waals surface area contributed by atoms with E-state index in [-0.39, 0.29) is 23.2 Å². The van der Waals surface area contributed by atoms with Crippen LogP contribution in [0.15, 0.2) is 23.0 Å². The van der Waals surface area contributed by atoms with Gasteiger partial charge in [-0.3, -0.25) is 9.69 Å². The Morgan fingerprint density at radius 2 is 1.94 bits per heavy atom. The van der Waals surface area contributed by atoms with Crippen LogP contribution >= 0.6 is 0 Å². The number of fused-ring (bicyclic) bond motifs is 1. The zero-order valence-corrected chi connectivity index (χ0v) is 19.0. The first kappa shape index (κ1) is 21.6. The van der Waals surface area contributed by atoms with E-state index in [9.17, 15) is 9.90 Å². The molecule has 8 heteroatoms. The molecule has 4 rings (SSSR count). The molecule has 0 amide bonds. The van der Waals surface area contributed by atoms with Crippen LogP contribution in [-0.4, -0.2) is 54.4 Å². The molecule has 3 aromatic rings. The predicted octanol–water partition coefficient (Wildman–Crippen LogP) is 2.82. The number of aromatic nitrogens is 5. The second kappa shape index (κ2) is 8.16. The number of piperidine rings is 1. The van der Waals surface area contributed by atoms with Crippen molar-refractivity contribution in [2.75, 3.05) is 13.1 Å². The number of tetrazole rings is 1. The second-order valence-electron chi connectivity index (χ2n) is 9.38. The minimum atomic E-state index is -0.387. The average molecular weight is 425 g/mol. The van der Waals surface area contributed by atoms with E-state index in [2.05, 4.69) is 65.2 Å². The summed E-state index contributed by atoms with van der Waals surface area (Å²) in [7, 11) is 0. The number of aliphatic hydroxyl groups excluding tert-OH is 1. The average Bonchev–Trinajstić information content (AvgIpc) is 3.21. The van der Waals surface area contributed by atoms with Crippen molar-refractivity contribution in [3.05, 3.63) is 51.1 Å². The fraction of sp³-hybridized carbons (Fsp3) is 0.565. The van der Waals surface area contributed by atoms with E-state index in [0.29, 0.717) is 37.3 Å². The standard InChI is InChI=1S/C23H32N6O2/c1-6-23(4,5)29-21(25-26-27-29)20(28-9-7-17(30)8-10-28)18-13-16-12-14(2)11-15(3)19(16)24-22(18)31/h11-13,17,20,30H,6-10H2,1-5H3,(H,24,31). The highest BCUT2D eigenvalue weighted by atomic mass is 16.3. The Bertz CT molecular complexity index is 1140. The summed E-state index contributed by atoms with van der Waals surface area (Å²) < 4.78 is 1.85. The van der Waals surface area contributed by atoms with Crippen molar-refractivity contribution in [3.8, 4) is 0 Å². The molecule has 1 atom stereocenters. The van der Waals surface area contributed by atoms with E-state index in [1.807, 2.05) is 17.7 Å². The molecule has 1 aromatic carbocycles. The number of likely N-dealkylation sites (tertiary alicyclic amines) is 1. The molecule has 31 heavy (non-hydrogen) atoms. The lowest BCUT2D eigenvalue weighted by Gasteiger charge is -2.36. The molecule has 0 aliphatic carbocycles. The first-order chi connectivity index (χ1) is 14.7. The van der Waals surface area contributed by atoms with Gasteiger partial charge in [0.05, 0.1) is 17.2 Å². The van der Waals surface area contributed by atoms with Gasteiger partial charge in [-0.05, 0) is 80.5 Å². The van der Waals surface area contributed by atoms with E-state index in [0.717, 1.165) is 28.5 Å². The van der Waals surface area contributed by atoms with Crippen LogP contribution in [0.1, 0.15) is 68.6 Å². The number of hydrogen-bond donors (Lipinski definition) is 2. The highest BCUT2D eigenvalue weighted by Gasteiger charge is 2.35. The summed E-state index contributed by atoms with van der Waals surface area (Å²) in [6.07, 6.45) is 1.88. The van der Waals surface area contributed by atoms with Gasteiger partial charge < -0.3 is 10.1 Å². The Kier molecular flexibility index (Phi) is 5.70. The number of pyridine rings is 1. The van der Waals surface area contributed by atoms with E-state index >= 15 is 0 Å². The molecule has 1 fully saturated rings. The molecule has 8 nitrogen and oxygen atoms in total. The van der Waals surface area contributed by atoms with Crippen LogP contribution in [0.4, 0.5) is 0 Å². The molecule has 1 aliphatic rings. The van der Waals surface area contributed by atoms with Crippen molar-refractivity contribution >= 4 is 10.9 Å². The first-order valence-electron chi connectivity index (χ1n) is 11.1. The zero-order chi connectivity index (χ0) is 22.3. The number of aromatic amines is 1. The molecule has 1 saturated heterocycles. The molecular weight excluding hydrogens is 392 g/mol. The van der Waals surface area contributed by atoms with Gasteiger partial charge in [-0.1, -0.05) is 18.6 Å². The lowest BCUT2D eigenvalue weighted by atomic mass is 9.96. The van der Waals surface area contributed by atoms with E-state index < -0.39 is 0 Å². The molecular formula is C23H32N6O2. The third-order valence-electron chi connectivity index (χ3n) is 6.66. The zero-order valence-electron chi connectivity index (χ0n) is 19.0. The predicted molar refractivity (Wildman–Crippen MR) is 120 cm³/mol. The minimum Gasteiger partial charge on any atom is -0.393 e. The Labute approximate surface area is 182 Å². The summed E-state index contributed by atoms with van der Waals surface area (Å²) >= 11 is 0. The van der Waals surface area contributed by atoms with Crippen LogP contribution in [0, 0.1) is 13.8 Å². The van der Waals surface area contributed by atoms with Gasteiger partial charge in [-0.15, -0.1) is 5.10 Å². The molecule has 3 heterocycles. The van der Waals surface area contributed by atoms with Gasteiger partial charge in [0, 0.05) is 18.7 Å². The number of nitrogens with one attached hydrogen (secondary N) is 1. The van der Waals surface area contributed by atoms with Crippen molar-refractivity contribution in [3.63, 3.8) is 0 Å². The van der Waals surface area contributed by atoms with Gasteiger partial charge in [0.2, 0.25) is 0 Å². The Hall–Kier alpha value is -2.58. The number of aryl methyl sites for hydroxylation is 2. The highest BCUT2D eigenvalue weighted by molar-refractivity contribution is 5.83. The smallest absolute Gasteiger partial charge is 0.253 e. The summed E-state index contributed by atoms with van der Waals surface area (Å²) in [6.45, 7) is 11.7. The number of nitrogens with zero attached hydrogens (tertiary/aromatic N) is 5. The quantitative estimate of drug-likeness (QED) is 0.653. The summed E-state index contributed by atoms with van der Waals surface area (Å²) in [5.41, 5.74) is 3.28. The van der Waals surface area contributed by atoms with Crippen molar-refractivity contribution in [2.24, 2.45) is 0 Å². The highest BCUT2D eigenvalue weighted by Crippen LogP contribution is 2.32. The lowest BCUT2D eigenvalue weighted by molar-refractivity contribution is 0.0644. The van der Waals surface area contributed by atoms with Crippen LogP contribution in [0.5, 0.6) is 0 Å². The maximum Gasteiger partial charge on any atom is 0.253 e. The largest absolute Gasteiger partial charge is 0.393 e. The molecule has 2 aromatic heterocycles. The topological polar surface area (TPSA) is 99.9 Å². The third kappa shape index (κ3) is 4.02. The number of aliphatic hydroxyl groups is 1. The van der Waals surface area contributed by atoms with E-state index in [4.69, 9.17) is 0 Å². The molecule has 2 N–H and O–H groups in total. The van der Waals surface area contributed by atoms with Crippen LogP contribution in [0.25, 0.3) is 10.9 Å². The number of H-pyrrole nitrogens is 1. The third-order valence-corrected chi connectivity index (χ3v) is 6.66. The van der Waals surface area contributed by atoms with Crippen LogP contribution < -0.4 is 5.56 Å². The van der Waals surface area contributed by atoms with Crippen molar-refractivity contribution in [2.45, 2.75) is 71.6 Å².